The molecule has 3 N–H and O–H groups in total. The van der Waals surface area contributed by atoms with Crippen LogP contribution in [0, 0.1) is 0 Å². The fraction of sp³-hybridized carbons (Fsp3) is 0.348. The van der Waals surface area contributed by atoms with Crippen molar-refractivity contribution in [2.45, 2.75) is 45.7 Å². The van der Waals surface area contributed by atoms with E-state index in [2.05, 4.69) is 16.0 Å². The normalized spacial score (nSPS) is 15.3. The summed E-state index contributed by atoms with van der Waals surface area (Å²) in [5.74, 6) is -0.267. The van der Waals surface area contributed by atoms with Crippen molar-refractivity contribution in [1.29, 1.82) is 0 Å². The van der Waals surface area contributed by atoms with Gasteiger partial charge >= 0.3 is 6.03 Å². The van der Waals surface area contributed by atoms with E-state index in [0.29, 0.717) is 17.9 Å². The van der Waals surface area contributed by atoms with Crippen LogP contribution in [0.15, 0.2) is 48.5 Å². The highest BCUT2D eigenvalue weighted by atomic mass is 16.2. The third-order valence-corrected chi connectivity index (χ3v) is 5.06. The van der Waals surface area contributed by atoms with Crippen LogP contribution in [0.3, 0.4) is 0 Å². The summed E-state index contributed by atoms with van der Waals surface area (Å²) >= 11 is 0. The number of urea groups is 1. The van der Waals surface area contributed by atoms with Crippen LogP contribution in [0.4, 0.5) is 16.2 Å². The van der Waals surface area contributed by atoms with Crippen molar-refractivity contribution in [2.75, 3.05) is 17.2 Å². The van der Waals surface area contributed by atoms with Gasteiger partial charge in [-0.05, 0) is 43.5 Å². The lowest BCUT2D eigenvalue weighted by Gasteiger charge is -2.36. The Hall–Kier alpha value is -3.35. The van der Waals surface area contributed by atoms with Crippen LogP contribution in [0.2, 0.25) is 0 Å². The standard InChI is InChI=1S/C23H28N4O3/c1-15(2)24-23(30)26-20-11-7-6-10-19(20)25-22(29)14-21-18-9-5-4-8-17(18)12-13-27(21)16(3)28/h4-11,15,21H,12-14H2,1-3H3,(H,25,29)(H2,24,26,30). The molecule has 0 aromatic heterocycles. The van der Waals surface area contributed by atoms with Gasteiger partial charge in [0.15, 0.2) is 0 Å². The van der Waals surface area contributed by atoms with Crippen LogP contribution in [0.1, 0.15) is 44.4 Å². The quantitative estimate of drug-likeness (QED) is 0.705. The zero-order valence-corrected chi connectivity index (χ0v) is 17.6. The second kappa shape index (κ2) is 9.43. The number of amides is 4. The highest BCUT2D eigenvalue weighted by molar-refractivity contribution is 5.99. The van der Waals surface area contributed by atoms with Gasteiger partial charge in [-0.2, -0.15) is 0 Å². The first kappa shape index (κ1) is 21.4. The molecule has 1 aliphatic rings. The van der Waals surface area contributed by atoms with Crippen LogP contribution in [0.5, 0.6) is 0 Å². The molecule has 0 saturated carbocycles. The Morgan fingerprint density at radius 2 is 1.63 bits per heavy atom. The van der Waals surface area contributed by atoms with Gasteiger partial charge in [0.05, 0.1) is 23.8 Å². The molecular weight excluding hydrogens is 380 g/mol. The summed E-state index contributed by atoms with van der Waals surface area (Å²) in [5, 5.41) is 8.41. The summed E-state index contributed by atoms with van der Waals surface area (Å²) in [4.78, 5) is 38.9. The van der Waals surface area contributed by atoms with Crippen molar-refractivity contribution in [3.63, 3.8) is 0 Å². The minimum absolute atomic E-state index is 0.00399. The molecule has 0 fully saturated rings. The molecule has 2 aromatic rings. The second-order valence-corrected chi connectivity index (χ2v) is 7.73. The molecule has 2 aromatic carbocycles. The molecule has 1 atom stereocenters. The minimum Gasteiger partial charge on any atom is -0.336 e. The predicted molar refractivity (Wildman–Crippen MR) is 117 cm³/mol. The minimum atomic E-state index is -0.337. The smallest absolute Gasteiger partial charge is 0.319 e. The van der Waals surface area contributed by atoms with Gasteiger partial charge in [0, 0.05) is 19.5 Å². The molecule has 0 bridgehead atoms. The Labute approximate surface area is 176 Å². The molecular formula is C23H28N4O3. The highest BCUT2D eigenvalue weighted by Crippen LogP contribution is 2.33. The van der Waals surface area contributed by atoms with Gasteiger partial charge in [0.2, 0.25) is 11.8 Å². The second-order valence-electron chi connectivity index (χ2n) is 7.73. The molecule has 7 heteroatoms. The van der Waals surface area contributed by atoms with Gasteiger partial charge in [-0.3, -0.25) is 9.59 Å². The van der Waals surface area contributed by atoms with E-state index in [1.807, 2.05) is 38.1 Å². The topological polar surface area (TPSA) is 90.5 Å². The number of anilines is 2. The van der Waals surface area contributed by atoms with Gasteiger partial charge < -0.3 is 20.9 Å². The summed E-state index contributed by atoms with van der Waals surface area (Å²) in [6.45, 7) is 5.87. The third kappa shape index (κ3) is 5.17. The molecule has 0 spiro atoms. The molecule has 0 saturated heterocycles. The number of rotatable bonds is 5. The van der Waals surface area contributed by atoms with Crippen molar-refractivity contribution in [1.82, 2.24) is 10.2 Å². The van der Waals surface area contributed by atoms with Crippen molar-refractivity contribution in [3.05, 3.63) is 59.7 Å². The Kier molecular flexibility index (Phi) is 6.72. The Morgan fingerprint density at radius 3 is 2.30 bits per heavy atom. The van der Waals surface area contributed by atoms with Crippen molar-refractivity contribution in [2.24, 2.45) is 0 Å². The first-order valence-electron chi connectivity index (χ1n) is 10.2. The summed E-state index contributed by atoms with van der Waals surface area (Å²) in [7, 11) is 0. The molecule has 0 radical (unpaired) electrons. The molecule has 30 heavy (non-hydrogen) atoms. The number of benzene rings is 2. The Morgan fingerprint density at radius 1 is 1.00 bits per heavy atom. The average Bonchev–Trinajstić information content (AvgIpc) is 2.69. The van der Waals surface area contributed by atoms with Gasteiger partial charge in [-0.1, -0.05) is 36.4 Å². The van der Waals surface area contributed by atoms with E-state index in [4.69, 9.17) is 0 Å². The zero-order chi connectivity index (χ0) is 21.7. The Balaban J connectivity index is 1.75. The third-order valence-electron chi connectivity index (χ3n) is 5.06. The number of carbonyl (C=O) groups excluding carboxylic acids is 3. The maximum absolute atomic E-state index is 12.9. The van der Waals surface area contributed by atoms with Gasteiger partial charge in [-0.15, -0.1) is 0 Å². The SMILES string of the molecule is CC(=O)N1CCc2ccccc2C1CC(=O)Nc1ccccc1NC(=O)NC(C)C. The van der Waals surface area contributed by atoms with E-state index >= 15 is 0 Å². The van der Waals surface area contributed by atoms with Crippen LogP contribution < -0.4 is 16.0 Å². The number of nitrogens with one attached hydrogen (secondary N) is 3. The molecule has 7 nitrogen and oxygen atoms in total. The van der Waals surface area contributed by atoms with Crippen LogP contribution in [0.25, 0.3) is 0 Å². The maximum atomic E-state index is 12.9. The van der Waals surface area contributed by atoms with E-state index < -0.39 is 0 Å². The van der Waals surface area contributed by atoms with E-state index in [-0.39, 0.29) is 36.3 Å². The van der Waals surface area contributed by atoms with Gasteiger partial charge in [-0.25, -0.2) is 4.79 Å². The number of hydrogen-bond donors (Lipinski definition) is 3. The van der Waals surface area contributed by atoms with E-state index in [1.54, 1.807) is 29.2 Å². The fourth-order valence-electron chi connectivity index (χ4n) is 3.75. The summed E-state index contributed by atoms with van der Waals surface area (Å²) < 4.78 is 0. The maximum Gasteiger partial charge on any atom is 0.319 e. The molecule has 4 amide bonds. The van der Waals surface area contributed by atoms with Crippen molar-refractivity contribution < 1.29 is 14.4 Å². The molecule has 158 valence electrons. The molecule has 1 unspecified atom stereocenters. The first-order valence-corrected chi connectivity index (χ1v) is 10.2. The van der Waals surface area contributed by atoms with Crippen LogP contribution in [-0.2, 0) is 16.0 Å². The monoisotopic (exact) mass is 408 g/mol. The number of nitrogens with zero attached hydrogens (tertiary/aromatic N) is 1. The number of fused-ring (bicyclic) bond motifs is 1. The summed E-state index contributed by atoms with van der Waals surface area (Å²) in [6, 6.07) is 14.3. The number of carbonyl (C=O) groups is 3. The first-order chi connectivity index (χ1) is 14.3. The Bertz CT molecular complexity index is 942. The van der Waals surface area contributed by atoms with Crippen molar-refractivity contribution in [3.8, 4) is 0 Å². The van der Waals surface area contributed by atoms with E-state index in [9.17, 15) is 14.4 Å². The predicted octanol–water partition coefficient (Wildman–Crippen LogP) is 3.69. The zero-order valence-electron chi connectivity index (χ0n) is 17.6. The highest BCUT2D eigenvalue weighted by Gasteiger charge is 2.30. The summed E-state index contributed by atoms with van der Waals surface area (Å²) in [6.07, 6.45) is 0.925. The molecule has 1 heterocycles. The lowest BCUT2D eigenvalue weighted by Crippen LogP contribution is -2.40. The molecule has 1 aliphatic heterocycles. The van der Waals surface area contributed by atoms with Crippen LogP contribution in [-0.4, -0.2) is 35.3 Å². The average molecular weight is 409 g/mol. The van der Waals surface area contributed by atoms with Gasteiger partial charge in [0.1, 0.15) is 0 Å². The fourth-order valence-corrected chi connectivity index (χ4v) is 3.75. The largest absolute Gasteiger partial charge is 0.336 e. The lowest BCUT2D eigenvalue weighted by atomic mass is 9.90. The molecule has 3 rings (SSSR count). The molecule has 0 aliphatic carbocycles. The van der Waals surface area contributed by atoms with Gasteiger partial charge in [0.25, 0.3) is 0 Å². The van der Waals surface area contributed by atoms with E-state index in [1.165, 1.54) is 12.5 Å². The van der Waals surface area contributed by atoms with E-state index in [0.717, 1.165) is 12.0 Å². The van der Waals surface area contributed by atoms with Crippen molar-refractivity contribution >= 4 is 29.2 Å². The number of hydrogen-bond acceptors (Lipinski definition) is 3. The lowest BCUT2D eigenvalue weighted by molar-refractivity contribution is -0.132. The van der Waals surface area contributed by atoms with Crippen LogP contribution >= 0.6 is 0 Å². The number of para-hydroxylation sites is 2. The summed E-state index contributed by atoms with van der Waals surface area (Å²) in [5.41, 5.74) is 3.20.